The van der Waals surface area contributed by atoms with Gasteiger partial charge in [0.05, 0.1) is 11.2 Å². The number of hydrogen-bond donors (Lipinski definition) is 1. The SMILES string of the molecule is CC(C)(C)OC(=O)N1C2CCC1CC(O)(c1cccc(F)c1C(F)(F)F)C2. The Morgan fingerprint density at radius 3 is 2.22 bits per heavy atom. The van der Waals surface area contributed by atoms with Crippen molar-refractivity contribution in [3.8, 4) is 0 Å². The van der Waals surface area contributed by atoms with E-state index in [9.17, 15) is 27.5 Å². The summed E-state index contributed by atoms with van der Waals surface area (Å²) in [6, 6.07) is 2.12. The molecule has 27 heavy (non-hydrogen) atoms. The summed E-state index contributed by atoms with van der Waals surface area (Å²) in [6.07, 6.45) is -4.51. The van der Waals surface area contributed by atoms with Crippen molar-refractivity contribution in [2.24, 2.45) is 0 Å². The Hall–Kier alpha value is -1.83. The van der Waals surface area contributed by atoms with Gasteiger partial charge in [-0.15, -0.1) is 0 Å². The van der Waals surface area contributed by atoms with E-state index >= 15 is 0 Å². The molecule has 0 aromatic heterocycles. The Morgan fingerprint density at radius 1 is 1.19 bits per heavy atom. The van der Waals surface area contributed by atoms with E-state index in [-0.39, 0.29) is 12.8 Å². The predicted octanol–water partition coefficient (Wildman–Crippen LogP) is 4.59. The minimum absolute atomic E-state index is 0.0880. The maximum absolute atomic E-state index is 14.0. The van der Waals surface area contributed by atoms with Crippen LogP contribution in [-0.4, -0.2) is 33.8 Å². The van der Waals surface area contributed by atoms with Crippen LogP contribution in [0.2, 0.25) is 0 Å². The first kappa shape index (κ1) is 19.9. The fourth-order valence-electron chi connectivity index (χ4n) is 4.26. The summed E-state index contributed by atoms with van der Waals surface area (Å²) >= 11 is 0. The average Bonchev–Trinajstić information content (AvgIpc) is 2.77. The lowest BCUT2D eigenvalue weighted by Crippen LogP contribution is -2.53. The zero-order valence-corrected chi connectivity index (χ0v) is 15.4. The normalized spacial score (nSPS) is 28.4. The van der Waals surface area contributed by atoms with Crippen molar-refractivity contribution in [2.75, 3.05) is 0 Å². The largest absolute Gasteiger partial charge is 0.444 e. The van der Waals surface area contributed by atoms with E-state index in [1.54, 1.807) is 20.8 Å². The van der Waals surface area contributed by atoms with Gasteiger partial charge < -0.3 is 14.7 Å². The molecule has 0 saturated carbocycles. The van der Waals surface area contributed by atoms with E-state index in [4.69, 9.17) is 4.74 Å². The van der Waals surface area contributed by atoms with Gasteiger partial charge in [-0.25, -0.2) is 9.18 Å². The Kier molecular flexibility index (Phi) is 4.69. The van der Waals surface area contributed by atoms with Crippen LogP contribution in [0.15, 0.2) is 18.2 Å². The van der Waals surface area contributed by atoms with Crippen molar-refractivity contribution in [1.82, 2.24) is 4.90 Å². The molecule has 2 fully saturated rings. The van der Waals surface area contributed by atoms with Crippen LogP contribution in [0.3, 0.4) is 0 Å². The number of fused-ring (bicyclic) bond motifs is 2. The molecule has 2 aliphatic heterocycles. The van der Waals surface area contributed by atoms with Gasteiger partial charge in [-0.2, -0.15) is 13.2 Å². The molecule has 3 rings (SSSR count). The summed E-state index contributed by atoms with van der Waals surface area (Å²) in [6.45, 7) is 5.19. The number of nitrogens with zero attached hydrogens (tertiary/aromatic N) is 1. The highest BCUT2D eigenvalue weighted by Gasteiger charge is 2.53. The maximum atomic E-state index is 14.0. The van der Waals surface area contributed by atoms with Gasteiger partial charge in [0.2, 0.25) is 0 Å². The summed E-state index contributed by atoms with van der Waals surface area (Å²) in [7, 11) is 0. The van der Waals surface area contributed by atoms with Gasteiger partial charge in [-0.05, 0) is 45.2 Å². The molecule has 150 valence electrons. The Bertz CT molecular complexity index is 727. The maximum Gasteiger partial charge on any atom is 0.419 e. The lowest BCUT2D eigenvalue weighted by atomic mass is 9.78. The molecule has 1 amide bonds. The molecule has 2 heterocycles. The van der Waals surface area contributed by atoms with Crippen molar-refractivity contribution in [3.05, 3.63) is 35.1 Å². The van der Waals surface area contributed by atoms with E-state index in [1.165, 1.54) is 11.0 Å². The van der Waals surface area contributed by atoms with Crippen LogP contribution in [0.4, 0.5) is 22.4 Å². The molecule has 8 heteroatoms. The number of benzene rings is 1. The van der Waals surface area contributed by atoms with E-state index < -0.39 is 52.5 Å². The molecular formula is C19H23F4NO3. The number of rotatable bonds is 1. The van der Waals surface area contributed by atoms with Gasteiger partial charge in [0.1, 0.15) is 11.4 Å². The van der Waals surface area contributed by atoms with Gasteiger partial charge in [0.15, 0.2) is 0 Å². The zero-order chi connectivity index (χ0) is 20.2. The third-order valence-corrected chi connectivity index (χ3v) is 5.17. The molecule has 0 aliphatic carbocycles. The van der Waals surface area contributed by atoms with E-state index in [1.807, 2.05) is 0 Å². The minimum Gasteiger partial charge on any atom is -0.444 e. The minimum atomic E-state index is -4.92. The fourth-order valence-corrected chi connectivity index (χ4v) is 4.26. The monoisotopic (exact) mass is 389 g/mol. The third-order valence-electron chi connectivity index (χ3n) is 5.17. The third kappa shape index (κ3) is 3.77. The van der Waals surface area contributed by atoms with E-state index in [0.29, 0.717) is 12.8 Å². The lowest BCUT2D eigenvalue weighted by Gasteiger charge is -2.44. The number of carbonyl (C=O) groups excluding carboxylic acids is 1. The predicted molar refractivity (Wildman–Crippen MR) is 89.4 cm³/mol. The lowest BCUT2D eigenvalue weighted by molar-refractivity contribution is -0.145. The molecule has 4 nitrogen and oxygen atoms in total. The molecule has 2 aliphatic rings. The van der Waals surface area contributed by atoms with Crippen molar-refractivity contribution >= 4 is 6.09 Å². The average molecular weight is 389 g/mol. The molecule has 2 unspecified atom stereocenters. The number of piperidine rings is 1. The molecular weight excluding hydrogens is 366 g/mol. The van der Waals surface area contributed by atoms with Crippen molar-refractivity contribution in [3.63, 3.8) is 0 Å². The second-order valence-electron chi connectivity index (χ2n) is 8.37. The zero-order valence-electron chi connectivity index (χ0n) is 15.4. The smallest absolute Gasteiger partial charge is 0.419 e. The Balaban J connectivity index is 1.92. The first-order valence-electron chi connectivity index (χ1n) is 8.92. The number of alkyl halides is 3. The first-order valence-corrected chi connectivity index (χ1v) is 8.92. The van der Waals surface area contributed by atoms with Crippen molar-refractivity contribution in [2.45, 2.75) is 75.9 Å². The van der Waals surface area contributed by atoms with Gasteiger partial charge in [-0.1, -0.05) is 12.1 Å². The Labute approximate surface area is 155 Å². The van der Waals surface area contributed by atoms with Crippen LogP contribution >= 0.6 is 0 Å². The summed E-state index contributed by atoms with van der Waals surface area (Å²) in [5.41, 5.74) is -4.44. The molecule has 0 spiro atoms. The highest BCUT2D eigenvalue weighted by Crippen LogP contribution is 2.49. The molecule has 1 aromatic rings. The summed E-state index contributed by atoms with van der Waals surface area (Å²) in [4.78, 5) is 14.0. The van der Waals surface area contributed by atoms with Gasteiger partial charge in [0.25, 0.3) is 0 Å². The molecule has 2 atom stereocenters. The number of aliphatic hydroxyl groups is 1. The van der Waals surface area contributed by atoms with E-state index in [2.05, 4.69) is 0 Å². The number of carbonyl (C=O) groups is 1. The van der Waals surface area contributed by atoms with Crippen LogP contribution in [0, 0.1) is 5.82 Å². The highest BCUT2D eigenvalue weighted by molar-refractivity contribution is 5.70. The van der Waals surface area contributed by atoms with Gasteiger partial charge in [0, 0.05) is 24.9 Å². The Morgan fingerprint density at radius 2 is 1.74 bits per heavy atom. The summed E-state index contributed by atoms with van der Waals surface area (Å²) in [5, 5.41) is 11.1. The second kappa shape index (κ2) is 6.36. The quantitative estimate of drug-likeness (QED) is 0.715. The van der Waals surface area contributed by atoms with Gasteiger partial charge >= 0.3 is 12.3 Å². The van der Waals surface area contributed by atoms with Crippen LogP contribution in [0.5, 0.6) is 0 Å². The number of hydrogen-bond acceptors (Lipinski definition) is 3. The second-order valence-corrected chi connectivity index (χ2v) is 8.37. The fraction of sp³-hybridized carbons (Fsp3) is 0.632. The standard InChI is InChI=1S/C19H23F4NO3/c1-17(2,3)27-16(25)24-11-7-8-12(24)10-18(26,9-11)13-5-4-6-14(20)15(13)19(21,22)23/h4-6,11-12,26H,7-10H2,1-3H3. The number of amides is 1. The molecule has 1 aromatic carbocycles. The van der Waals surface area contributed by atoms with Crippen LogP contribution in [0.1, 0.15) is 57.6 Å². The molecule has 2 bridgehead atoms. The molecule has 0 radical (unpaired) electrons. The van der Waals surface area contributed by atoms with Crippen molar-refractivity contribution in [1.29, 1.82) is 0 Å². The topological polar surface area (TPSA) is 49.8 Å². The summed E-state index contributed by atoms with van der Waals surface area (Å²) in [5.74, 6) is -1.41. The van der Waals surface area contributed by atoms with Crippen LogP contribution in [0.25, 0.3) is 0 Å². The summed E-state index contributed by atoms with van der Waals surface area (Å²) < 4.78 is 59.5. The van der Waals surface area contributed by atoms with Crippen LogP contribution in [-0.2, 0) is 16.5 Å². The highest BCUT2D eigenvalue weighted by atomic mass is 19.4. The van der Waals surface area contributed by atoms with E-state index in [0.717, 1.165) is 12.1 Å². The van der Waals surface area contributed by atoms with Crippen molar-refractivity contribution < 1.29 is 32.2 Å². The molecule has 2 saturated heterocycles. The number of halogens is 4. The molecule has 1 N–H and O–H groups in total. The number of ether oxygens (including phenoxy) is 1. The first-order chi connectivity index (χ1) is 12.3. The van der Waals surface area contributed by atoms with Gasteiger partial charge in [-0.3, -0.25) is 0 Å². The van der Waals surface area contributed by atoms with Crippen LogP contribution < -0.4 is 0 Å².